The molecule has 6 heteroatoms. The lowest BCUT2D eigenvalue weighted by Gasteiger charge is -2.12. The van der Waals surface area contributed by atoms with Gasteiger partial charge in [-0.1, -0.05) is 62.9 Å². The lowest BCUT2D eigenvalue weighted by molar-refractivity contribution is -0.274. The number of hydrogen-bond acceptors (Lipinski definition) is 1. The first-order valence-electron chi connectivity index (χ1n) is 11.3. The number of benzene rings is 3. The van der Waals surface area contributed by atoms with E-state index in [1.165, 1.54) is 49.4 Å². The van der Waals surface area contributed by atoms with E-state index in [2.05, 4.69) is 17.7 Å². The van der Waals surface area contributed by atoms with Crippen molar-refractivity contribution in [2.75, 3.05) is 0 Å². The van der Waals surface area contributed by atoms with Crippen molar-refractivity contribution in [3.63, 3.8) is 0 Å². The minimum absolute atomic E-state index is 0.158. The Morgan fingerprint density at radius 2 is 1.58 bits per heavy atom. The number of alkyl halides is 3. The van der Waals surface area contributed by atoms with Gasteiger partial charge in [0.2, 0.25) is 0 Å². The van der Waals surface area contributed by atoms with Gasteiger partial charge in [0.05, 0.1) is 5.56 Å². The standard InChI is InChI=1S/C27H25F5O/c1-2-3-4-5-6-7-17-8-13-21-19(14-17)15-23-22(21)16-24(28)25(26(23)29)18-9-11-20(12-10-18)33-27(30,31)32/h8-14,16H,2-7,15H2,1H3. The molecule has 3 aromatic rings. The van der Waals surface area contributed by atoms with E-state index in [1.54, 1.807) is 0 Å². The zero-order chi connectivity index (χ0) is 23.6. The van der Waals surface area contributed by atoms with E-state index < -0.39 is 23.7 Å². The van der Waals surface area contributed by atoms with E-state index in [4.69, 9.17) is 0 Å². The first kappa shape index (κ1) is 23.3. The molecule has 0 amide bonds. The normalized spacial score (nSPS) is 12.5. The number of halogens is 5. The van der Waals surface area contributed by atoms with Crippen molar-refractivity contribution in [2.45, 2.75) is 58.2 Å². The molecule has 1 nitrogen and oxygen atoms in total. The topological polar surface area (TPSA) is 9.23 Å². The van der Waals surface area contributed by atoms with Gasteiger partial charge in [0.25, 0.3) is 0 Å². The Hall–Kier alpha value is -2.89. The van der Waals surface area contributed by atoms with Gasteiger partial charge < -0.3 is 4.74 Å². The molecular weight excluding hydrogens is 435 g/mol. The van der Waals surface area contributed by atoms with Crippen molar-refractivity contribution in [3.05, 3.63) is 76.9 Å². The van der Waals surface area contributed by atoms with Crippen LogP contribution < -0.4 is 4.74 Å². The van der Waals surface area contributed by atoms with E-state index in [0.717, 1.165) is 36.1 Å². The van der Waals surface area contributed by atoms with Crippen LogP contribution in [0.3, 0.4) is 0 Å². The fraction of sp³-hybridized carbons (Fsp3) is 0.333. The zero-order valence-electron chi connectivity index (χ0n) is 18.4. The van der Waals surface area contributed by atoms with Gasteiger partial charge in [0, 0.05) is 12.0 Å². The van der Waals surface area contributed by atoms with Crippen molar-refractivity contribution in [3.8, 4) is 28.0 Å². The third-order valence-electron chi connectivity index (χ3n) is 6.09. The fourth-order valence-corrected chi connectivity index (χ4v) is 4.50. The first-order valence-corrected chi connectivity index (χ1v) is 11.3. The molecule has 0 aromatic heterocycles. The summed E-state index contributed by atoms with van der Waals surface area (Å²) >= 11 is 0. The minimum atomic E-state index is -4.83. The Kier molecular flexibility index (Phi) is 6.73. The smallest absolute Gasteiger partial charge is 0.406 e. The van der Waals surface area contributed by atoms with Crippen LogP contribution in [-0.4, -0.2) is 6.36 Å². The Bertz CT molecular complexity index is 1130. The molecule has 0 atom stereocenters. The molecule has 0 bridgehead atoms. The average molecular weight is 460 g/mol. The number of hydrogen-bond donors (Lipinski definition) is 0. The van der Waals surface area contributed by atoms with Gasteiger partial charge in [0.15, 0.2) is 0 Å². The summed E-state index contributed by atoms with van der Waals surface area (Å²) in [4.78, 5) is 0. The quantitative estimate of drug-likeness (QED) is 0.189. The van der Waals surface area contributed by atoms with Crippen LogP contribution in [0.4, 0.5) is 22.0 Å². The van der Waals surface area contributed by atoms with Gasteiger partial charge in [-0.05, 0) is 58.9 Å². The molecule has 1 aliphatic rings. The van der Waals surface area contributed by atoms with Crippen LogP contribution in [0.25, 0.3) is 22.3 Å². The van der Waals surface area contributed by atoms with Crippen molar-refractivity contribution in [2.24, 2.45) is 0 Å². The van der Waals surface area contributed by atoms with Crippen LogP contribution in [0.15, 0.2) is 48.5 Å². The van der Waals surface area contributed by atoms with Gasteiger partial charge in [0.1, 0.15) is 17.4 Å². The van der Waals surface area contributed by atoms with Gasteiger partial charge in [-0.25, -0.2) is 8.78 Å². The molecule has 4 rings (SSSR count). The highest BCUT2D eigenvalue weighted by atomic mass is 19.4. The Morgan fingerprint density at radius 1 is 0.848 bits per heavy atom. The fourth-order valence-electron chi connectivity index (χ4n) is 4.50. The first-order chi connectivity index (χ1) is 15.8. The zero-order valence-corrected chi connectivity index (χ0v) is 18.4. The third kappa shape index (κ3) is 5.21. The second kappa shape index (κ2) is 9.54. The molecule has 0 saturated heterocycles. The van der Waals surface area contributed by atoms with Crippen LogP contribution >= 0.6 is 0 Å². The van der Waals surface area contributed by atoms with Crippen LogP contribution in [0.5, 0.6) is 5.75 Å². The largest absolute Gasteiger partial charge is 0.573 e. The van der Waals surface area contributed by atoms with E-state index in [-0.39, 0.29) is 11.1 Å². The average Bonchev–Trinajstić information content (AvgIpc) is 3.12. The SMILES string of the molecule is CCCCCCCc1ccc2c(c1)Cc1c-2cc(F)c(-c2ccc(OC(F)(F)F)cc2)c1F. The summed E-state index contributed by atoms with van der Waals surface area (Å²) in [6.07, 6.45) is 2.45. The van der Waals surface area contributed by atoms with Gasteiger partial charge in [-0.15, -0.1) is 13.2 Å². The monoisotopic (exact) mass is 460 g/mol. The molecule has 33 heavy (non-hydrogen) atoms. The third-order valence-corrected chi connectivity index (χ3v) is 6.09. The molecule has 0 aliphatic heterocycles. The van der Waals surface area contributed by atoms with Gasteiger partial charge >= 0.3 is 6.36 Å². The van der Waals surface area contributed by atoms with Crippen LogP contribution in [0, 0.1) is 11.6 Å². The van der Waals surface area contributed by atoms with Gasteiger partial charge in [-0.2, -0.15) is 0 Å². The molecule has 0 unspecified atom stereocenters. The maximum absolute atomic E-state index is 15.4. The van der Waals surface area contributed by atoms with Crippen molar-refractivity contribution in [1.29, 1.82) is 0 Å². The summed E-state index contributed by atoms with van der Waals surface area (Å²) in [7, 11) is 0. The Morgan fingerprint density at radius 3 is 2.27 bits per heavy atom. The van der Waals surface area contributed by atoms with Crippen LogP contribution in [-0.2, 0) is 12.8 Å². The van der Waals surface area contributed by atoms with E-state index in [1.807, 2.05) is 12.1 Å². The highest BCUT2D eigenvalue weighted by Crippen LogP contribution is 2.43. The number of fused-ring (bicyclic) bond motifs is 3. The molecule has 0 fully saturated rings. The van der Waals surface area contributed by atoms with E-state index >= 15 is 4.39 Å². The van der Waals surface area contributed by atoms with E-state index in [9.17, 15) is 17.6 Å². The van der Waals surface area contributed by atoms with Gasteiger partial charge in [-0.3, -0.25) is 0 Å². The summed E-state index contributed by atoms with van der Waals surface area (Å²) < 4.78 is 71.4. The molecule has 0 spiro atoms. The number of unbranched alkanes of at least 4 members (excludes halogenated alkanes) is 4. The second-order valence-electron chi connectivity index (χ2n) is 8.48. The molecule has 0 saturated carbocycles. The second-order valence-corrected chi connectivity index (χ2v) is 8.48. The highest BCUT2D eigenvalue weighted by Gasteiger charge is 2.31. The Balaban J connectivity index is 1.56. The molecule has 0 heterocycles. The minimum Gasteiger partial charge on any atom is -0.406 e. The lowest BCUT2D eigenvalue weighted by atomic mass is 9.97. The maximum Gasteiger partial charge on any atom is 0.573 e. The van der Waals surface area contributed by atoms with Crippen LogP contribution in [0.1, 0.15) is 55.7 Å². The predicted octanol–water partition coefficient (Wildman–Crippen LogP) is 8.61. The molecule has 174 valence electrons. The van der Waals surface area contributed by atoms with Crippen molar-refractivity contribution >= 4 is 0 Å². The number of ether oxygens (including phenoxy) is 1. The molecule has 0 radical (unpaired) electrons. The molecule has 3 aromatic carbocycles. The predicted molar refractivity (Wildman–Crippen MR) is 119 cm³/mol. The summed E-state index contributed by atoms with van der Waals surface area (Å²) in [6.45, 7) is 2.18. The highest BCUT2D eigenvalue weighted by molar-refractivity contribution is 5.81. The molecule has 0 N–H and O–H groups in total. The summed E-state index contributed by atoms with van der Waals surface area (Å²) in [5, 5.41) is 0. The van der Waals surface area contributed by atoms with Crippen molar-refractivity contribution in [1.82, 2.24) is 0 Å². The Labute approximate surface area is 190 Å². The maximum atomic E-state index is 15.4. The van der Waals surface area contributed by atoms with E-state index in [0.29, 0.717) is 17.5 Å². The van der Waals surface area contributed by atoms with Crippen molar-refractivity contribution < 1.29 is 26.7 Å². The van der Waals surface area contributed by atoms with Crippen LogP contribution in [0.2, 0.25) is 0 Å². The molecular formula is C27H25F5O. The summed E-state index contributed by atoms with van der Waals surface area (Å²) in [5.41, 5.74) is 3.87. The summed E-state index contributed by atoms with van der Waals surface area (Å²) in [6, 6.07) is 11.9. The number of rotatable bonds is 8. The molecule has 1 aliphatic carbocycles. The number of aryl methyl sites for hydroxylation is 1. The lowest BCUT2D eigenvalue weighted by Crippen LogP contribution is -2.16. The summed E-state index contributed by atoms with van der Waals surface area (Å²) in [5.74, 6) is -1.86.